The minimum absolute atomic E-state index is 0.107. The number of phenolic OH excluding ortho intramolecular Hbond substituents is 1. The van der Waals surface area contributed by atoms with Crippen molar-refractivity contribution in [2.75, 3.05) is 20.1 Å². The SMILES string of the molecule is CN1CCC[C@@H](Cc2nnc(-c3ccc(C(F)(F)F)cc3O)cc2C#N)C1. The minimum atomic E-state index is -4.55. The summed E-state index contributed by atoms with van der Waals surface area (Å²) in [7, 11) is 2.06. The molecule has 2 heterocycles. The molecule has 3 rings (SSSR count). The van der Waals surface area contributed by atoms with Crippen molar-refractivity contribution >= 4 is 0 Å². The van der Waals surface area contributed by atoms with Crippen molar-refractivity contribution in [2.24, 2.45) is 5.92 Å². The molecule has 1 fully saturated rings. The van der Waals surface area contributed by atoms with Gasteiger partial charge in [0, 0.05) is 12.1 Å². The summed E-state index contributed by atoms with van der Waals surface area (Å²) in [5, 5.41) is 27.6. The van der Waals surface area contributed by atoms with E-state index in [1.54, 1.807) is 0 Å². The van der Waals surface area contributed by atoms with Gasteiger partial charge >= 0.3 is 6.18 Å². The lowest BCUT2D eigenvalue weighted by molar-refractivity contribution is -0.137. The lowest BCUT2D eigenvalue weighted by atomic mass is 9.92. The Bertz CT molecular complexity index is 876. The Kier molecular flexibility index (Phi) is 5.33. The molecule has 1 aliphatic rings. The van der Waals surface area contributed by atoms with Gasteiger partial charge in [-0.05, 0) is 63.0 Å². The van der Waals surface area contributed by atoms with Gasteiger partial charge in [-0.2, -0.15) is 28.6 Å². The van der Waals surface area contributed by atoms with Gasteiger partial charge in [0.05, 0.1) is 22.5 Å². The fourth-order valence-electron chi connectivity index (χ4n) is 3.43. The van der Waals surface area contributed by atoms with Crippen LogP contribution in [0.1, 0.15) is 29.7 Å². The highest BCUT2D eigenvalue weighted by Crippen LogP contribution is 2.36. The van der Waals surface area contributed by atoms with Crippen molar-refractivity contribution in [3.05, 3.63) is 41.1 Å². The van der Waals surface area contributed by atoms with Crippen molar-refractivity contribution in [1.82, 2.24) is 15.1 Å². The first-order valence-corrected chi connectivity index (χ1v) is 8.63. The Balaban J connectivity index is 1.87. The van der Waals surface area contributed by atoms with Gasteiger partial charge in [-0.3, -0.25) is 0 Å². The molecule has 0 radical (unpaired) electrons. The van der Waals surface area contributed by atoms with Crippen molar-refractivity contribution in [3.8, 4) is 23.1 Å². The van der Waals surface area contributed by atoms with Gasteiger partial charge in [0.15, 0.2) is 0 Å². The number of nitrogens with zero attached hydrogens (tertiary/aromatic N) is 4. The Labute approximate surface area is 155 Å². The molecule has 1 aromatic heterocycles. The number of aromatic hydroxyl groups is 1. The van der Waals surface area contributed by atoms with E-state index in [2.05, 4.69) is 28.2 Å². The zero-order chi connectivity index (χ0) is 19.6. The molecule has 1 aromatic carbocycles. The summed E-state index contributed by atoms with van der Waals surface area (Å²) in [6, 6.07) is 6.21. The molecule has 0 bridgehead atoms. The third kappa shape index (κ3) is 4.37. The van der Waals surface area contributed by atoms with Gasteiger partial charge in [-0.1, -0.05) is 0 Å². The summed E-state index contributed by atoms with van der Waals surface area (Å²) in [4.78, 5) is 2.24. The van der Waals surface area contributed by atoms with Crippen LogP contribution in [-0.4, -0.2) is 40.3 Å². The van der Waals surface area contributed by atoms with Crippen molar-refractivity contribution in [3.63, 3.8) is 0 Å². The van der Waals surface area contributed by atoms with Crippen LogP contribution in [0.4, 0.5) is 13.2 Å². The second-order valence-electron chi connectivity index (χ2n) is 6.91. The second-order valence-corrected chi connectivity index (χ2v) is 6.91. The van der Waals surface area contributed by atoms with Crippen LogP contribution >= 0.6 is 0 Å². The molecule has 142 valence electrons. The number of benzene rings is 1. The van der Waals surface area contributed by atoms with Crippen LogP contribution in [0.15, 0.2) is 24.3 Å². The van der Waals surface area contributed by atoms with E-state index in [-0.39, 0.29) is 11.3 Å². The summed E-state index contributed by atoms with van der Waals surface area (Å²) < 4.78 is 38.2. The molecule has 8 heteroatoms. The molecule has 1 N–H and O–H groups in total. The third-order valence-corrected chi connectivity index (χ3v) is 4.80. The topological polar surface area (TPSA) is 73.0 Å². The molecule has 1 saturated heterocycles. The fraction of sp³-hybridized carbons (Fsp3) is 0.421. The molecule has 0 amide bonds. The maximum absolute atomic E-state index is 12.7. The van der Waals surface area contributed by atoms with Crippen LogP contribution in [-0.2, 0) is 12.6 Å². The van der Waals surface area contributed by atoms with Gasteiger partial charge < -0.3 is 10.0 Å². The summed E-state index contributed by atoms with van der Waals surface area (Å²) in [5.74, 6) is -0.167. The van der Waals surface area contributed by atoms with Gasteiger partial charge in [0.2, 0.25) is 0 Å². The number of halogens is 3. The molecule has 1 atom stereocenters. The lowest BCUT2D eigenvalue weighted by Crippen LogP contribution is -2.33. The number of phenols is 1. The first-order chi connectivity index (χ1) is 12.8. The Hall–Kier alpha value is -2.66. The highest BCUT2D eigenvalue weighted by Gasteiger charge is 2.31. The van der Waals surface area contributed by atoms with Crippen LogP contribution in [0.25, 0.3) is 11.3 Å². The smallest absolute Gasteiger partial charge is 0.416 e. The highest BCUT2D eigenvalue weighted by atomic mass is 19.4. The fourth-order valence-corrected chi connectivity index (χ4v) is 3.43. The van der Waals surface area contributed by atoms with E-state index in [0.717, 1.165) is 38.1 Å². The van der Waals surface area contributed by atoms with E-state index in [1.807, 2.05) is 0 Å². The molecular formula is C19H19F3N4O. The van der Waals surface area contributed by atoms with Crippen molar-refractivity contribution in [2.45, 2.75) is 25.4 Å². The normalized spacial score (nSPS) is 18.3. The largest absolute Gasteiger partial charge is 0.507 e. The van der Waals surface area contributed by atoms with Gasteiger partial charge in [0.1, 0.15) is 11.8 Å². The van der Waals surface area contributed by atoms with Gasteiger partial charge in [-0.25, -0.2) is 0 Å². The number of piperidine rings is 1. The zero-order valence-corrected chi connectivity index (χ0v) is 14.8. The van der Waals surface area contributed by atoms with Crippen molar-refractivity contribution in [1.29, 1.82) is 5.26 Å². The number of aromatic nitrogens is 2. The first-order valence-electron chi connectivity index (χ1n) is 8.63. The van der Waals surface area contributed by atoms with Crippen LogP contribution in [0.5, 0.6) is 5.75 Å². The second kappa shape index (κ2) is 7.53. The standard InChI is InChI=1S/C19H19F3N4O/c1-26-6-2-3-12(11-26)7-16-13(10-23)8-17(25-24-16)15-5-4-14(9-18(15)27)19(20,21)22/h4-5,8-9,12,27H,2-3,6-7,11H2,1H3/t12-/m0/s1. The summed E-state index contributed by atoms with van der Waals surface area (Å²) in [6.07, 6.45) is -1.78. The number of alkyl halides is 3. The molecule has 5 nitrogen and oxygen atoms in total. The van der Waals surface area contributed by atoms with E-state index in [9.17, 15) is 23.5 Å². The molecule has 0 spiro atoms. The number of hydrogen-bond donors (Lipinski definition) is 1. The van der Waals surface area contributed by atoms with E-state index >= 15 is 0 Å². The lowest BCUT2D eigenvalue weighted by Gasteiger charge is -2.29. The quantitative estimate of drug-likeness (QED) is 0.886. The number of likely N-dealkylation sites (tertiary alicyclic amines) is 1. The van der Waals surface area contributed by atoms with E-state index < -0.39 is 17.5 Å². The summed E-state index contributed by atoms with van der Waals surface area (Å²) >= 11 is 0. The maximum Gasteiger partial charge on any atom is 0.416 e. The monoisotopic (exact) mass is 376 g/mol. The van der Waals surface area contributed by atoms with Crippen LogP contribution < -0.4 is 0 Å². The Morgan fingerprint density at radius 3 is 2.70 bits per heavy atom. The molecule has 1 aliphatic heterocycles. The van der Waals surface area contributed by atoms with E-state index in [4.69, 9.17) is 0 Å². The third-order valence-electron chi connectivity index (χ3n) is 4.80. The molecule has 27 heavy (non-hydrogen) atoms. The van der Waals surface area contributed by atoms with Crippen LogP contribution in [0, 0.1) is 17.2 Å². The highest BCUT2D eigenvalue weighted by molar-refractivity contribution is 5.68. The predicted molar refractivity (Wildman–Crippen MR) is 92.8 cm³/mol. The molecule has 0 saturated carbocycles. The minimum Gasteiger partial charge on any atom is -0.507 e. The number of hydrogen-bond acceptors (Lipinski definition) is 5. The molecule has 0 aliphatic carbocycles. The number of rotatable bonds is 3. The molecule has 0 unspecified atom stereocenters. The number of nitriles is 1. The maximum atomic E-state index is 12.7. The zero-order valence-electron chi connectivity index (χ0n) is 14.8. The summed E-state index contributed by atoms with van der Waals surface area (Å²) in [6.45, 7) is 1.98. The first kappa shape index (κ1) is 19.1. The van der Waals surface area contributed by atoms with E-state index in [1.165, 1.54) is 6.07 Å². The van der Waals surface area contributed by atoms with Crippen molar-refractivity contribution < 1.29 is 18.3 Å². The average Bonchev–Trinajstić information content (AvgIpc) is 2.61. The van der Waals surface area contributed by atoms with Crippen LogP contribution in [0.2, 0.25) is 0 Å². The summed E-state index contributed by atoms with van der Waals surface area (Å²) in [5.41, 5.74) is 0.231. The Morgan fingerprint density at radius 1 is 1.30 bits per heavy atom. The van der Waals surface area contributed by atoms with Gasteiger partial charge in [-0.15, -0.1) is 0 Å². The molecule has 2 aromatic rings. The molecular weight excluding hydrogens is 357 g/mol. The van der Waals surface area contributed by atoms with Crippen LogP contribution in [0.3, 0.4) is 0 Å². The Morgan fingerprint density at radius 2 is 2.07 bits per heavy atom. The average molecular weight is 376 g/mol. The van der Waals surface area contributed by atoms with E-state index in [0.29, 0.717) is 29.7 Å². The predicted octanol–water partition coefficient (Wildman–Crippen LogP) is 3.62. The van der Waals surface area contributed by atoms with Gasteiger partial charge in [0.25, 0.3) is 0 Å².